The molecule has 0 bridgehead atoms. The van der Waals surface area contributed by atoms with Crippen molar-refractivity contribution in [1.82, 2.24) is 9.55 Å². The van der Waals surface area contributed by atoms with Gasteiger partial charge in [-0.2, -0.15) is 0 Å². The van der Waals surface area contributed by atoms with Crippen molar-refractivity contribution in [2.75, 3.05) is 0 Å². The standard InChI is InChI=1S/C24H19BrN2O3/c1-16-19(24(28)29)13-14-27(16)23-8-4-6-21(26-23)20-5-2-3-7-22(20)30-15-17-9-11-18(25)12-10-17/h2-14H,15H2,1H3,(H,28,29). The summed E-state index contributed by atoms with van der Waals surface area (Å²) >= 11 is 3.44. The van der Waals surface area contributed by atoms with Gasteiger partial charge in [0, 0.05) is 21.9 Å². The highest BCUT2D eigenvalue weighted by Crippen LogP contribution is 2.30. The second kappa shape index (κ2) is 8.55. The Kier molecular flexibility index (Phi) is 5.68. The van der Waals surface area contributed by atoms with Crippen LogP contribution in [0.5, 0.6) is 5.75 Å². The van der Waals surface area contributed by atoms with Crippen LogP contribution in [0.2, 0.25) is 0 Å². The van der Waals surface area contributed by atoms with Crippen molar-refractivity contribution >= 4 is 21.9 Å². The molecule has 0 radical (unpaired) electrons. The van der Waals surface area contributed by atoms with E-state index >= 15 is 0 Å². The molecule has 5 nitrogen and oxygen atoms in total. The summed E-state index contributed by atoms with van der Waals surface area (Å²) in [6.07, 6.45) is 1.72. The maximum Gasteiger partial charge on any atom is 0.337 e. The number of hydrogen-bond acceptors (Lipinski definition) is 3. The number of aromatic nitrogens is 2. The number of hydrogen-bond donors (Lipinski definition) is 1. The molecule has 4 aromatic rings. The first-order valence-corrected chi connectivity index (χ1v) is 10.2. The van der Waals surface area contributed by atoms with Crippen molar-refractivity contribution < 1.29 is 14.6 Å². The minimum absolute atomic E-state index is 0.264. The predicted molar refractivity (Wildman–Crippen MR) is 119 cm³/mol. The smallest absolute Gasteiger partial charge is 0.337 e. The zero-order valence-electron chi connectivity index (χ0n) is 16.2. The number of aromatic carboxylic acids is 1. The molecule has 2 aromatic heterocycles. The average Bonchev–Trinajstić information content (AvgIpc) is 3.15. The average molecular weight is 463 g/mol. The predicted octanol–water partition coefficient (Wildman–Crippen LogP) is 5.89. The van der Waals surface area contributed by atoms with Gasteiger partial charge in [0.1, 0.15) is 18.2 Å². The van der Waals surface area contributed by atoms with Crippen LogP contribution in [0.25, 0.3) is 17.1 Å². The highest BCUT2D eigenvalue weighted by Gasteiger charge is 2.14. The molecule has 150 valence electrons. The summed E-state index contributed by atoms with van der Waals surface area (Å²) in [5, 5.41) is 9.31. The van der Waals surface area contributed by atoms with Crippen LogP contribution < -0.4 is 4.74 Å². The Morgan fingerprint density at radius 1 is 1.03 bits per heavy atom. The number of carboxylic acid groups (broad SMARTS) is 1. The zero-order chi connectivity index (χ0) is 21.1. The van der Waals surface area contributed by atoms with Crippen LogP contribution in [0.15, 0.2) is 83.5 Å². The summed E-state index contributed by atoms with van der Waals surface area (Å²) in [5.41, 5.74) is 3.59. The summed E-state index contributed by atoms with van der Waals surface area (Å²) in [7, 11) is 0. The van der Waals surface area contributed by atoms with Gasteiger partial charge in [0.05, 0.1) is 11.3 Å². The normalized spacial score (nSPS) is 10.7. The Hall–Kier alpha value is -3.38. The third-order valence-electron chi connectivity index (χ3n) is 4.82. The van der Waals surface area contributed by atoms with Gasteiger partial charge in [-0.3, -0.25) is 0 Å². The van der Waals surface area contributed by atoms with Gasteiger partial charge in [-0.15, -0.1) is 0 Å². The lowest BCUT2D eigenvalue weighted by molar-refractivity contribution is 0.0696. The molecule has 0 aliphatic carbocycles. The van der Waals surface area contributed by atoms with Crippen LogP contribution in [0.3, 0.4) is 0 Å². The zero-order valence-corrected chi connectivity index (χ0v) is 17.8. The molecule has 0 saturated carbocycles. The van der Waals surface area contributed by atoms with E-state index in [0.29, 0.717) is 18.1 Å². The molecule has 2 aromatic carbocycles. The minimum atomic E-state index is -0.950. The summed E-state index contributed by atoms with van der Waals surface area (Å²) in [6, 6.07) is 23.0. The molecule has 0 atom stereocenters. The van der Waals surface area contributed by atoms with Gasteiger partial charge in [-0.1, -0.05) is 46.3 Å². The molecule has 2 heterocycles. The fourth-order valence-electron chi connectivity index (χ4n) is 3.24. The lowest BCUT2D eigenvalue weighted by atomic mass is 10.1. The highest BCUT2D eigenvalue weighted by molar-refractivity contribution is 9.10. The molecule has 0 spiro atoms. The number of benzene rings is 2. The number of nitrogens with zero attached hydrogens (tertiary/aromatic N) is 2. The maximum atomic E-state index is 11.4. The molecular weight excluding hydrogens is 444 g/mol. The number of para-hydroxylation sites is 1. The minimum Gasteiger partial charge on any atom is -0.488 e. The second-order valence-electron chi connectivity index (χ2n) is 6.78. The number of pyridine rings is 1. The van der Waals surface area contributed by atoms with Crippen LogP contribution in [-0.2, 0) is 6.61 Å². The molecule has 1 N–H and O–H groups in total. The van der Waals surface area contributed by atoms with E-state index in [1.165, 1.54) is 0 Å². The molecule has 4 rings (SSSR count). The van der Waals surface area contributed by atoms with Crippen LogP contribution in [0.1, 0.15) is 21.6 Å². The van der Waals surface area contributed by atoms with Gasteiger partial charge in [0.15, 0.2) is 0 Å². The van der Waals surface area contributed by atoms with Crippen LogP contribution in [0, 0.1) is 6.92 Å². The van der Waals surface area contributed by atoms with E-state index in [2.05, 4.69) is 15.9 Å². The third kappa shape index (κ3) is 4.14. The lowest BCUT2D eigenvalue weighted by Gasteiger charge is -2.13. The topological polar surface area (TPSA) is 64.3 Å². The van der Waals surface area contributed by atoms with Crippen molar-refractivity contribution in [1.29, 1.82) is 0 Å². The van der Waals surface area contributed by atoms with Gasteiger partial charge in [-0.25, -0.2) is 9.78 Å². The Labute approximate surface area is 182 Å². The lowest BCUT2D eigenvalue weighted by Crippen LogP contribution is -2.03. The van der Waals surface area contributed by atoms with Crippen LogP contribution in [0.4, 0.5) is 0 Å². The van der Waals surface area contributed by atoms with Crippen molar-refractivity contribution in [2.24, 2.45) is 0 Å². The summed E-state index contributed by atoms with van der Waals surface area (Å²) in [4.78, 5) is 16.1. The molecule has 0 aliphatic rings. The summed E-state index contributed by atoms with van der Waals surface area (Å²) < 4.78 is 8.89. The van der Waals surface area contributed by atoms with Crippen molar-refractivity contribution in [2.45, 2.75) is 13.5 Å². The van der Waals surface area contributed by atoms with Gasteiger partial charge in [-0.05, 0) is 55.0 Å². The molecule has 0 aliphatic heterocycles. The second-order valence-corrected chi connectivity index (χ2v) is 7.70. The number of rotatable bonds is 6. The largest absolute Gasteiger partial charge is 0.488 e. The van der Waals surface area contributed by atoms with Gasteiger partial charge < -0.3 is 14.4 Å². The Bertz CT molecular complexity index is 1200. The van der Waals surface area contributed by atoms with Gasteiger partial charge >= 0.3 is 5.97 Å². The van der Waals surface area contributed by atoms with Crippen molar-refractivity contribution in [3.8, 4) is 22.8 Å². The number of carboxylic acids is 1. The van der Waals surface area contributed by atoms with E-state index in [1.807, 2.05) is 66.7 Å². The first kappa shape index (κ1) is 19.9. The van der Waals surface area contributed by atoms with Crippen molar-refractivity contribution in [3.05, 3.63) is 100 Å². The number of halogens is 1. The fourth-order valence-corrected chi connectivity index (χ4v) is 3.50. The fraction of sp³-hybridized carbons (Fsp3) is 0.0833. The van der Waals surface area contributed by atoms with Crippen LogP contribution >= 0.6 is 15.9 Å². The quantitative estimate of drug-likeness (QED) is 0.388. The Morgan fingerprint density at radius 2 is 1.80 bits per heavy atom. The highest BCUT2D eigenvalue weighted by atomic mass is 79.9. The first-order chi connectivity index (χ1) is 14.5. The van der Waals surface area contributed by atoms with E-state index in [4.69, 9.17) is 9.72 Å². The van der Waals surface area contributed by atoms with Crippen molar-refractivity contribution in [3.63, 3.8) is 0 Å². The van der Waals surface area contributed by atoms with E-state index in [1.54, 1.807) is 23.8 Å². The summed E-state index contributed by atoms with van der Waals surface area (Å²) in [6.45, 7) is 2.22. The monoisotopic (exact) mass is 462 g/mol. The molecule has 30 heavy (non-hydrogen) atoms. The van der Waals surface area contributed by atoms with Gasteiger partial charge in [0.2, 0.25) is 0 Å². The summed E-state index contributed by atoms with van der Waals surface area (Å²) in [5.74, 6) is 0.440. The first-order valence-electron chi connectivity index (χ1n) is 9.38. The van der Waals surface area contributed by atoms with Crippen LogP contribution in [-0.4, -0.2) is 20.6 Å². The molecule has 0 amide bonds. The van der Waals surface area contributed by atoms with E-state index in [9.17, 15) is 9.90 Å². The molecular formula is C24H19BrN2O3. The maximum absolute atomic E-state index is 11.4. The molecule has 0 saturated heterocycles. The Balaban J connectivity index is 1.64. The van der Waals surface area contributed by atoms with E-state index in [-0.39, 0.29) is 5.56 Å². The molecule has 6 heteroatoms. The molecule has 0 unspecified atom stereocenters. The Morgan fingerprint density at radius 3 is 2.53 bits per heavy atom. The number of carbonyl (C=O) groups is 1. The van der Waals surface area contributed by atoms with E-state index < -0.39 is 5.97 Å². The van der Waals surface area contributed by atoms with E-state index in [0.717, 1.165) is 27.0 Å². The van der Waals surface area contributed by atoms with Gasteiger partial charge in [0.25, 0.3) is 0 Å². The number of ether oxygens (including phenoxy) is 1. The third-order valence-corrected chi connectivity index (χ3v) is 5.35. The molecule has 0 fully saturated rings. The SMILES string of the molecule is Cc1c(C(=O)O)ccn1-c1cccc(-c2ccccc2OCc2ccc(Br)cc2)n1.